The zero-order valence-corrected chi connectivity index (χ0v) is 12.9. The molecule has 4 nitrogen and oxygen atoms in total. The van der Waals surface area contributed by atoms with Crippen LogP contribution in [0, 0.1) is 6.92 Å². The van der Waals surface area contributed by atoms with Gasteiger partial charge in [-0.05, 0) is 32.0 Å². The third kappa shape index (κ3) is 3.01. The van der Waals surface area contributed by atoms with Crippen molar-refractivity contribution >= 4 is 16.6 Å². The fourth-order valence-electron chi connectivity index (χ4n) is 3.04. The van der Waals surface area contributed by atoms with Gasteiger partial charge in [0.15, 0.2) is 0 Å². The summed E-state index contributed by atoms with van der Waals surface area (Å²) in [6.45, 7) is 6.61. The van der Waals surface area contributed by atoms with Crippen LogP contribution in [0.3, 0.4) is 0 Å². The maximum absolute atomic E-state index is 5.93. The molecule has 0 saturated carbocycles. The van der Waals surface area contributed by atoms with E-state index in [1.165, 1.54) is 16.6 Å². The normalized spacial score (nSPS) is 22.7. The summed E-state index contributed by atoms with van der Waals surface area (Å²) in [7, 11) is 1.72. The van der Waals surface area contributed by atoms with E-state index in [1.807, 2.05) is 6.20 Å². The van der Waals surface area contributed by atoms with Crippen molar-refractivity contribution in [2.24, 2.45) is 0 Å². The Morgan fingerprint density at radius 1 is 1.33 bits per heavy atom. The van der Waals surface area contributed by atoms with Gasteiger partial charge in [-0.2, -0.15) is 0 Å². The molecule has 0 N–H and O–H groups in total. The van der Waals surface area contributed by atoms with Gasteiger partial charge in [0.1, 0.15) is 0 Å². The summed E-state index contributed by atoms with van der Waals surface area (Å²) in [5.41, 5.74) is 3.53. The standard InChI is InChI=1S/C17H22N2O2/c1-12-4-5-16-15(8-12)17(6-7-18-16)19-9-13(2)21-14(10-19)11-20-3/h4-8,13-14H,9-11H2,1-3H3. The van der Waals surface area contributed by atoms with Gasteiger partial charge in [0.2, 0.25) is 0 Å². The zero-order chi connectivity index (χ0) is 14.8. The summed E-state index contributed by atoms with van der Waals surface area (Å²) in [5, 5.41) is 1.21. The summed E-state index contributed by atoms with van der Waals surface area (Å²) in [4.78, 5) is 6.86. The quantitative estimate of drug-likeness (QED) is 0.869. The van der Waals surface area contributed by atoms with Crippen LogP contribution in [0.5, 0.6) is 0 Å². The molecule has 1 aromatic heterocycles. The fraction of sp³-hybridized carbons (Fsp3) is 0.471. The molecule has 21 heavy (non-hydrogen) atoms. The largest absolute Gasteiger partial charge is 0.382 e. The highest BCUT2D eigenvalue weighted by Crippen LogP contribution is 2.28. The SMILES string of the molecule is COCC1CN(c2ccnc3ccc(C)cc23)CC(C)O1. The molecule has 2 aromatic rings. The van der Waals surface area contributed by atoms with Crippen LogP contribution in [-0.2, 0) is 9.47 Å². The van der Waals surface area contributed by atoms with E-state index in [9.17, 15) is 0 Å². The average Bonchev–Trinajstić information content (AvgIpc) is 2.46. The Balaban J connectivity index is 1.97. The van der Waals surface area contributed by atoms with Crippen LogP contribution in [-0.4, -0.2) is 44.0 Å². The molecule has 0 amide bonds. The van der Waals surface area contributed by atoms with Crippen molar-refractivity contribution in [1.82, 2.24) is 4.98 Å². The molecule has 3 rings (SSSR count). The molecule has 0 aliphatic carbocycles. The van der Waals surface area contributed by atoms with Crippen LogP contribution in [0.1, 0.15) is 12.5 Å². The van der Waals surface area contributed by atoms with Crippen LogP contribution >= 0.6 is 0 Å². The van der Waals surface area contributed by atoms with Gasteiger partial charge in [0.25, 0.3) is 0 Å². The second-order valence-corrected chi connectivity index (χ2v) is 5.78. The summed E-state index contributed by atoms with van der Waals surface area (Å²) >= 11 is 0. The van der Waals surface area contributed by atoms with Gasteiger partial charge in [-0.3, -0.25) is 4.98 Å². The highest BCUT2D eigenvalue weighted by atomic mass is 16.5. The van der Waals surface area contributed by atoms with Crippen molar-refractivity contribution in [3.8, 4) is 0 Å². The third-order valence-electron chi connectivity index (χ3n) is 3.89. The molecule has 0 spiro atoms. The van der Waals surface area contributed by atoms with Gasteiger partial charge < -0.3 is 14.4 Å². The first-order valence-corrected chi connectivity index (χ1v) is 7.42. The summed E-state index contributed by atoms with van der Waals surface area (Å²) in [6, 6.07) is 8.51. The molecule has 0 radical (unpaired) electrons. The van der Waals surface area contributed by atoms with Crippen molar-refractivity contribution < 1.29 is 9.47 Å². The molecule has 112 valence electrons. The Morgan fingerprint density at radius 3 is 3.00 bits per heavy atom. The van der Waals surface area contributed by atoms with E-state index in [1.54, 1.807) is 7.11 Å². The van der Waals surface area contributed by atoms with E-state index in [4.69, 9.17) is 9.47 Å². The van der Waals surface area contributed by atoms with Gasteiger partial charge in [-0.15, -0.1) is 0 Å². The summed E-state index contributed by atoms with van der Waals surface area (Å²) in [5.74, 6) is 0. The third-order valence-corrected chi connectivity index (χ3v) is 3.89. The topological polar surface area (TPSA) is 34.6 Å². The van der Waals surface area contributed by atoms with Gasteiger partial charge >= 0.3 is 0 Å². The Bertz CT molecular complexity index is 629. The molecular formula is C17H22N2O2. The number of morpholine rings is 1. The van der Waals surface area contributed by atoms with E-state index < -0.39 is 0 Å². The first-order chi connectivity index (χ1) is 10.2. The number of methoxy groups -OCH3 is 1. The molecule has 1 aliphatic heterocycles. The summed E-state index contributed by atoms with van der Waals surface area (Å²) < 4.78 is 11.2. The number of anilines is 1. The van der Waals surface area contributed by atoms with Crippen molar-refractivity contribution in [2.45, 2.75) is 26.1 Å². The minimum Gasteiger partial charge on any atom is -0.382 e. The van der Waals surface area contributed by atoms with E-state index in [2.05, 4.69) is 48.0 Å². The maximum atomic E-state index is 5.93. The van der Waals surface area contributed by atoms with E-state index in [-0.39, 0.29) is 12.2 Å². The van der Waals surface area contributed by atoms with Gasteiger partial charge in [-0.25, -0.2) is 0 Å². The Labute approximate surface area is 125 Å². The molecule has 2 heterocycles. The Hall–Kier alpha value is -1.65. The molecular weight excluding hydrogens is 264 g/mol. The van der Waals surface area contributed by atoms with Crippen LogP contribution in [0.4, 0.5) is 5.69 Å². The Kier molecular flexibility index (Phi) is 4.08. The number of rotatable bonds is 3. The lowest BCUT2D eigenvalue weighted by molar-refractivity contribution is -0.0510. The van der Waals surface area contributed by atoms with Crippen molar-refractivity contribution in [3.63, 3.8) is 0 Å². The number of hydrogen-bond acceptors (Lipinski definition) is 4. The number of fused-ring (bicyclic) bond motifs is 1. The minimum absolute atomic E-state index is 0.117. The summed E-state index contributed by atoms with van der Waals surface area (Å²) in [6.07, 6.45) is 2.21. The maximum Gasteiger partial charge on any atom is 0.0987 e. The lowest BCUT2D eigenvalue weighted by Crippen LogP contribution is -2.48. The fourth-order valence-corrected chi connectivity index (χ4v) is 3.04. The van der Waals surface area contributed by atoms with Crippen LogP contribution in [0.2, 0.25) is 0 Å². The number of ether oxygens (including phenoxy) is 2. The van der Waals surface area contributed by atoms with E-state index in [0.29, 0.717) is 6.61 Å². The number of pyridine rings is 1. The van der Waals surface area contributed by atoms with Gasteiger partial charge in [-0.1, -0.05) is 11.6 Å². The smallest absolute Gasteiger partial charge is 0.0987 e. The molecule has 2 unspecified atom stereocenters. The van der Waals surface area contributed by atoms with Crippen molar-refractivity contribution in [1.29, 1.82) is 0 Å². The number of benzene rings is 1. The van der Waals surface area contributed by atoms with Crippen molar-refractivity contribution in [2.75, 3.05) is 31.7 Å². The number of nitrogens with zero attached hydrogens (tertiary/aromatic N) is 2. The molecule has 1 saturated heterocycles. The lowest BCUT2D eigenvalue weighted by atomic mass is 10.1. The van der Waals surface area contributed by atoms with Crippen LogP contribution < -0.4 is 4.90 Å². The van der Waals surface area contributed by atoms with E-state index >= 15 is 0 Å². The number of aromatic nitrogens is 1. The second kappa shape index (κ2) is 6.00. The lowest BCUT2D eigenvalue weighted by Gasteiger charge is -2.38. The zero-order valence-electron chi connectivity index (χ0n) is 12.9. The predicted octanol–water partition coefficient (Wildman–Crippen LogP) is 2.78. The Morgan fingerprint density at radius 2 is 2.19 bits per heavy atom. The first-order valence-electron chi connectivity index (χ1n) is 7.42. The minimum atomic E-state index is 0.117. The average molecular weight is 286 g/mol. The van der Waals surface area contributed by atoms with Gasteiger partial charge in [0.05, 0.1) is 24.3 Å². The monoisotopic (exact) mass is 286 g/mol. The molecule has 4 heteroatoms. The van der Waals surface area contributed by atoms with Crippen LogP contribution in [0.15, 0.2) is 30.5 Å². The molecule has 1 fully saturated rings. The molecule has 1 aromatic carbocycles. The highest BCUT2D eigenvalue weighted by Gasteiger charge is 2.26. The van der Waals surface area contributed by atoms with Gasteiger partial charge in [0, 0.05) is 37.5 Å². The molecule has 1 aliphatic rings. The van der Waals surface area contributed by atoms with Crippen LogP contribution in [0.25, 0.3) is 10.9 Å². The molecule has 2 atom stereocenters. The first kappa shape index (κ1) is 14.3. The van der Waals surface area contributed by atoms with Crippen molar-refractivity contribution in [3.05, 3.63) is 36.0 Å². The predicted molar refractivity (Wildman–Crippen MR) is 84.9 cm³/mol. The number of hydrogen-bond donors (Lipinski definition) is 0. The number of aryl methyl sites for hydroxylation is 1. The molecule has 0 bridgehead atoms. The highest BCUT2D eigenvalue weighted by molar-refractivity contribution is 5.92. The van der Waals surface area contributed by atoms with E-state index in [0.717, 1.165) is 18.6 Å². The second-order valence-electron chi connectivity index (χ2n) is 5.78.